The minimum atomic E-state index is -0.855. The molecule has 3 N–H and O–H groups in total. The third-order valence-electron chi connectivity index (χ3n) is 17.0. The first-order chi connectivity index (χ1) is 39.0. The van der Waals surface area contributed by atoms with Crippen molar-refractivity contribution in [2.24, 2.45) is 0 Å². The Morgan fingerprint density at radius 2 is 0.595 bits per heavy atom. The predicted molar refractivity (Wildman–Crippen MR) is 347 cm³/mol. The molecule has 0 fully saturated rings. The molecule has 0 saturated heterocycles. The Bertz CT molecular complexity index is 1230. The number of amides is 1. The van der Waals surface area contributed by atoms with Gasteiger partial charge in [0.25, 0.3) is 0 Å². The highest BCUT2D eigenvalue weighted by molar-refractivity contribution is 5.76. The van der Waals surface area contributed by atoms with Gasteiger partial charge in [-0.05, 0) is 57.8 Å². The molecule has 0 aliphatic heterocycles. The normalized spacial score (nSPS) is 12.6. The lowest BCUT2D eigenvalue weighted by molar-refractivity contribution is -0.143. The number of hydrogen-bond acceptors (Lipinski definition) is 5. The molecule has 1 amide bonds. The first-order valence-electron chi connectivity index (χ1n) is 36.1. The Labute approximate surface area is 494 Å². The van der Waals surface area contributed by atoms with Crippen LogP contribution in [0.2, 0.25) is 0 Å². The van der Waals surface area contributed by atoms with Gasteiger partial charge in [0.2, 0.25) is 5.91 Å². The molecule has 2 unspecified atom stereocenters. The number of rotatable bonds is 68. The number of nitrogens with one attached hydrogen (secondary N) is 1. The maximum Gasteiger partial charge on any atom is 0.305 e. The molecule has 79 heavy (non-hydrogen) atoms. The van der Waals surface area contributed by atoms with Crippen molar-refractivity contribution in [2.75, 3.05) is 13.2 Å². The summed E-state index contributed by atoms with van der Waals surface area (Å²) in [7, 11) is 0. The second-order valence-electron chi connectivity index (χ2n) is 24.9. The Hall–Kier alpha value is -1.66. The van der Waals surface area contributed by atoms with Crippen molar-refractivity contribution in [2.45, 2.75) is 418 Å². The monoisotopic (exact) mass is 1110 g/mol. The smallest absolute Gasteiger partial charge is 0.305 e. The quantitative estimate of drug-likeness (QED) is 0.0320. The second-order valence-corrected chi connectivity index (χ2v) is 24.9. The van der Waals surface area contributed by atoms with Crippen LogP contribution in [-0.2, 0) is 14.3 Å². The van der Waals surface area contributed by atoms with Crippen molar-refractivity contribution >= 4 is 11.9 Å². The average Bonchev–Trinajstić information content (AvgIpc) is 3.45. The molecule has 6 nitrogen and oxygen atoms in total. The van der Waals surface area contributed by atoms with Gasteiger partial charge in [0, 0.05) is 12.8 Å². The van der Waals surface area contributed by atoms with Crippen molar-refractivity contribution in [3.05, 3.63) is 24.3 Å². The summed E-state index contributed by atoms with van der Waals surface area (Å²) in [5.74, 6) is -0.0695. The topological polar surface area (TPSA) is 95.9 Å². The zero-order chi connectivity index (χ0) is 57.1. The summed E-state index contributed by atoms with van der Waals surface area (Å²) in [4.78, 5) is 24.7. The fourth-order valence-electron chi connectivity index (χ4n) is 11.5. The van der Waals surface area contributed by atoms with Crippen LogP contribution in [0.1, 0.15) is 406 Å². The molecule has 0 aliphatic carbocycles. The van der Waals surface area contributed by atoms with Gasteiger partial charge in [-0.25, -0.2) is 0 Å². The van der Waals surface area contributed by atoms with E-state index in [2.05, 4.69) is 31.3 Å². The molecule has 468 valence electrons. The molecule has 0 saturated carbocycles. The van der Waals surface area contributed by atoms with E-state index in [9.17, 15) is 19.8 Å². The van der Waals surface area contributed by atoms with Crippen molar-refractivity contribution in [3.63, 3.8) is 0 Å². The van der Waals surface area contributed by atoms with E-state index in [1.165, 1.54) is 321 Å². The van der Waals surface area contributed by atoms with Gasteiger partial charge in [0.05, 0.1) is 25.4 Å². The van der Waals surface area contributed by atoms with Crippen molar-refractivity contribution in [1.29, 1.82) is 0 Å². The third kappa shape index (κ3) is 65.4. The van der Waals surface area contributed by atoms with E-state index in [0.717, 1.165) is 57.8 Å². The second kappa shape index (κ2) is 68.8. The van der Waals surface area contributed by atoms with Crippen LogP contribution in [0.25, 0.3) is 0 Å². The first kappa shape index (κ1) is 77.3. The van der Waals surface area contributed by atoms with Crippen LogP contribution < -0.4 is 5.32 Å². The van der Waals surface area contributed by atoms with E-state index in [-0.39, 0.29) is 18.5 Å². The minimum absolute atomic E-state index is 0.00804. The number of aliphatic hydroxyl groups excluding tert-OH is 2. The van der Waals surface area contributed by atoms with Crippen LogP contribution in [0.4, 0.5) is 0 Å². The Balaban J connectivity index is 3.44. The minimum Gasteiger partial charge on any atom is -0.466 e. The SMILES string of the molecule is CCCCCCCCCCCCCCCCCCCCCCCCC/C=C/C(O)C(CO)NC(=O)CCCCCCC/C=C\CCCCCCCCCCCOC(=O)CCCCCCCCCCCCCCCCCCCCC. The maximum atomic E-state index is 12.5. The number of esters is 1. The van der Waals surface area contributed by atoms with Gasteiger partial charge in [-0.2, -0.15) is 0 Å². The molecular formula is C73H141NO5. The number of ether oxygens (including phenoxy) is 1. The van der Waals surface area contributed by atoms with E-state index >= 15 is 0 Å². The molecule has 0 bridgehead atoms. The van der Waals surface area contributed by atoms with Gasteiger partial charge in [0.1, 0.15) is 0 Å². The number of hydrogen-bond donors (Lipinski definition) is 3. The molecule has 0 aromatic heterocycles. The van der Waals surface area contributed by atoms with E-state index in [1.807, 2.05) is 6.08 Å². The standard InChI is InChI=1S/C73H141NO5/c1-3-5-7-9-11-13-15-17-19-21-23-24-25-26-27-28-30-33-37-41-45-49-53-57-61-65-71(76)70(69-75)74-72(77)66-62-58-54-50-46-42-38-34-31-32-36-40-44-48-52-56-60-64-68-79-73(78)67-63-59-55-51-47-43-39-35-29-22-20-18-16-14-12-10-8-6-4-2/h34,38,61,65,70-71,75-76H,3-33,35-37,39-60,62-64,66-69H2,1-2H3,(H,74,77)/b38-34-,65-61+. The Morgan fingerprint density at radius 1 is 0.342 bits per heavy atom. The zero-order valence-corrected chi connectivity index (χ0v) is 53.6. The highest BCUT2D eigenvalue weighted by atomic mass is 16.5. The zero-order valence-electron chi connectivity index (χ0n) is 53.6. The predicted octanol–water partition coefficient (Wildman–Crippen LogP) is 23.3. The van der Waals surface area contributed by atoms with E-state index in [4.69, 9.17) is 4.74 Å². The van der Waals surface area contributed by atoms with Crippen molar-refractivity contribution in [1.82, 2.24) is 5.32 Å². The largest absolute Gasteiger partial charge is 0.466 e. The summed E-state index contributed by atoms with van der Waals surface area (Å²) < 4.78 is 5.51. The summed E-state index contributed by atoms with van der Waals surface area (Å²) in [5.41, 5.74) is 0. The molecule has 0 spiro atoms. The molecule has 0 aromatic carbocycles. The Morgan fingerprint density at radius 3 is 0.899 bits per heavy atom. The van der Waals surface area contributed by atoms with Crippen LogP contribution in [-0.4, -0.2) is 47.4 Å². The molecule has 0 radical (unpaired) electrons. The fraction of sp³-hybridized carbons (Fsp3) is 0.918. The van der Waals surface area contributed by atoms with Crippen molar-refractivity contribution in [3.8, 4) is 0 Å². The van der Waals surface area contributed by atoms with Gasteiger partial charge in [0.15, 0.2) is 0 Å². The van der Waals surface area contributed by atoms with Crippen LogP contribution in [0, 0.1) is 0 Å². The molecule has 2 atom stereocenters. The lowest BCUT2D eigenvalue weighted by atomic mass is 10.0. The Kier molecular flexibility index (Phi) is 67.4. The summed E-state index contributed by atoms with van der Waals surface area (Å²) in [6.07, 6.45) is 86.8. The number of unbranched alkanes of at least 4 members (excludes halogenated alkanes) is 55. The molecule has 0 aromatic rings. The van der Waals surface area contributed by atoms with Gasteiger partial charge in [-0.1, -0.05) is 359 Å². The fourth-order valence-corrected chi connectivity index (χ4v) is 11.5. The molecule has 6 heteroatoms. The van der Waals surface area contributed by atoms with Crippen LogP contribution in [0.3, 0.4) is 0 Å². The molecule has 0 heterocycles. The summed E-state index contributed by atoms with van der Waals surface area (Å²) >= 11 is 0. The highest BCUT2D eigenvalue weighted by Gasteiger charge is 2.18. The number of carbonyl (C=O) groups is 2. The number of allylic oxidation sites excluding steroid dienone is 3. The molecule has 0 aliphatic rings. The van der Waals surface area contributed by atoms with Crippen LogP contribution >= 0.6 is 0 Å². The van der Waals surface area contributed by atoms with Crippen LogP contribution in [0.5, 0.6) is 0 Å². The first-order valence-corrected chi connectivity index (χ1v) is 36.1. The van der Waals surface area contributed by atoms with Gasteiger partial charge in [-0.15, -0.1) is 0 Å². The number of carbonyl (C=O) groups excluding carboxylic acids is 2. The maximum absolute atomic E-state index is 12.5. The summed E-state index contributed by atoms with van der Waals surface area (Å²) in [6.45, 7) is 4.94. The third-order valence-corrected chi connectivity index (χ3v) is 17.0. The lowest BCUT2D eigenvalue weighted by Gasteiger charge is -2.20. The van der Waals surface area contributed by atoms with Gasteiger partial charge < -0.3 is 20.3 Å². The van der Waals surface area contributed by atoms with Gasteiger partial charge >= 0.3 is 5.97 Å². The molecular weight excluding hydrogens is 971 g/mol. The van der Waals surface area contributed by atoms with E-state index < -0.39 is 12.1 Å². The summed E-state index contributed by atoms with van der Waals surface area (Å²) in [5, 5.41) is 23.3. The van der Waals surface area contributed by atoms with Crippen LogP contribution in [0.15, 0.2) is 24.3 Å². The summed E-state index contributed by atoms with van der Waals surface area (Å²) in [6, 6.07) is -0.639. The van der Waals surface area contributed by atoms with E-state index in [1.54, 1.807) is 6.08 Å². The van der Waals surface area contributed by atoms with Gasteiger partial charge in [-0.3, -0.25) is 9.59 Å². The van der Waals surface area contributed by atoms with Crippen molar-refractivity contribution < 1.29 is 24.5 Å². The average molecular weight is 1110 g/mol. The highest BCUT2D eigenvalue weighted by Crippen LogP contribution is 2.19. The number of aliphatic hydroxyl groups is 2. The lowest BCUT2D eigenvalue weighted by Crippen LogP contribution is -2.45. The molecule has 0 rings (SSSR count). The van der Waals surface area contributed by atoms with E-state index in [0.29, 0.717) is 19.4 Å².